The first-order valence-corrected chi connectivity index (χ1v) is 12.5. The Morgan fingerprint density at radius 1 is 1.12 bits per heavy atom. The SMILES string of the molecule is COc1ccc(-c2cnc(C(=O)Nc3ccc(C(=O)N4CCN(C(=O)CN)CC4)c(Cl)c3)n2C)c(F)c1F.O=CO. The summed E-state index contributed by atoms with van der Waals surface area (Å²) < 4.78 is 34.8. The maximum atomic E-state index is 14.6. The minimum atomic E-state index is -1.15. The minimum Gasteiger partial charge on any atom is -0.494 e. The van der Waals surface area contributed by atoms with Crippen LogP contribution in [0.1, 0.15) is 21.0 Å². The summed E-state index contributed by atoms with van der Waals surface area (Å²) in [5.41, 5.74) is 6.05. The molecule has 1 aliphatic heterocycles. The minimum absolute atomic E-state index is 0.0585. The third kappa shape index (κ3) is 6.78. The Morgan fingerprint density at radius 3 is 2.34 bits per heavy atom. The number of methoxy groups -OCH3 is 1. The molecular formula is C26H27ClF2N6O6. The Morgan fingerprint density at radius 2 is 1.76 bits per heavy atom. The Bertz CT molecular complexity index is 1460. The second-order valence-electron chi connectivity index (χ2n) is 8.60. The molecule has 3 aromatic rings. The molecule has 4 rings (SSSR count). The summed E-state index contributed by atoms with van der Waals surface area (Å²) in [6.07, 6.45) is 1.26. The van der Waals surface area contributed by atoms with Gasteiger partial charge in [0.15, 0.2) is 17.4 Å². The van der Waals surface area contributed by atoms with Crippen molar-refractivity contribution in [2.24, 2.45) is 12.8 Å². The summed E-state index contributed by atoms with van der Waals surface area (Å²) in [6, 6.07) is 7.07. The average Bonchev–Trinajstić information content (AvgIpc) is 3.35. The molecule has 0 saturated carbocycles. The second-order valence-corrected chi connectivity index (χ2v) is 9.01. The predicted octanol–water partition coefficient (Wildman–Crippen LogP) is 2.22. The molecule has 1 aliphatic rings. The van der Waals surface area contributed by atoms with Crippen LogP contribution in [0.2, 0.25) is 5.02 Å². The number of benzene rings is 2. The van der Waals surface area contributed by atoms with Gasteiger partial charge in [-0.1, -0.05) is 11.6 Å². The van der Waals surface area contributed by atoms with Gasteiger partial charge >= 0.3 is 0 Å². The number of carboxylic acid groups (broad SMARTS) is 1. The predicted molar refractivity (Wildman–Crippen MR) is 145 cm³/mol. The maximum Gasteiger partial charge on any atom is 0.291 e. The van der Waals surface area contributed by atoms with Crippen molar-refractivity contribution in [3.63, 3.8) is 0 Å². The molecule has 2 heterocycles. The third-order valence-corrected chi connectivity index (χ3v) is 6.60. The Hall–Kier alpha value is -4.56. The first kappa shape index (κ1) is 31.0. The van der Waals surface area contributed by atoms with Gasteiger partial charge in [-0.2, -0.15) is 4.39 Å². The van der Waals surface area contributed by atoms with Gasteiger partial charge in [-0.25, -0.2) is 9.37 Å². The van der Waals surface area contributed by atoms with Crippen LogP contribution >= 0.6 is 11.6 Å². The molecule has 12 nitrogen and oxygen atoms in total. The van der Waals surface area contributed by atoms with Crippen molar-refractivity contribution in [2.75, 3.05) is 45.2 Å². The van der Waals surface area contributed by atoms with Crippen molar-refractivity contribution in [2.45, 2.75) is 0 Å². The monoisotopic (exact) mass is 592 g/mol. The number of piperazine rings is 1. The number of nitrogens with one attached hydrogen (secondary N) is 1. The smallest absolute Gasteiger partial charge is 0.291 e. The highest BCUT2D eigenvalue weighted by Crippen LogP contribution is 2.30. The number of ether oxygens (including phenoxy) is 1. The second kappa shape index (κ2) is 13.7. The maximum absolute atomic E-state index is 14.6. The molecule has 1 fully saturated rings. The Balaban J connectivity index is 0.00000147. The summed E-state index contributed by atoms with van der Waals surface area (Å²) >= 11 is 6.36. The molecule has 15 heteroatoms. The summed E-state index contributed by atoms with van der Waals surface area (Å²) in [7, 11) is 2.72. The first-order chi connectivity index (χ1) is 19.6. The van der Waals surface area contributed by atoms with E-state index in [0.717, 1.165) is 0 Å². The number of rotatable bonds is 6. The average molecular weight is 593 g/mol. The van der Waals surface area contributed by atoms with Crippen LogP contribution in [-0.2, 0) is 16.6 Å². The van der Waals surface area contributed by atoms with E-state index in [1.807, 2.05) is 0 Å². The van der Waals surface area contributed by atoms with E-state index >= 15 is 0 Å². The van der Waals surface area contributed by atoms with E-state index in [9.17, 15) is 23.2 Å². The molecule has 4 N–H and O–H groups in total. The van der Waals surface area contributed by atoms with E-state index in [-0.39, 0.29) is 58.2 Å². The third-order valence-electron chi connectivity index (χ3n) is 6.29. The lowest BCUT2D eigenvalue weighted by Crippen LogP contribution is -2.51. The number of anilines is 1. The van der Waals surface area contributed by atoms with Crippen LogP contribution in [0.25, 0.3) is 11.3 Å². The Kier molecular flexibility index (Phi) is 10.3. The molecule has 0 unspecified atom stereocenters. The summed E-state index contributed by atoms with van der Waals surface area (Å²) in [5.74, 6) is -3.66. The van der Waals surface area contributed by atoms with Gasteiger partial charge in [0, 0.05) is 44.5 Å². The number of imidazole rings is 1. The van der Waals surface area contributed by atoms with Crippen LogP contribution in [0, 0.1) is 11.6 Å². The summed E-state index contributed by atoms with van der Waals surface area (Å²) in [4.78, 5) is 53.2. The van der Waals surface area contributed by atoms with Crippen LogP contribution in [0.3, 0.4) is 0 Å². The van der Waals surface area contributed by atoms with Crippen LogP contribution in [0.15, 0.2) is 36.5 Å². The van der Waals surface area contributed by atoms with Gasteiger partial charge in [-0.15, -0.1) is 0 Å². The van der Waals surface area contributed by atoms with Crippen molar-refractivity contribution in [3.8, 4) is 17.0 Å². The van der Waals surface area contributed by atoms with E-state index in [0.29, 0.717) is 31.9 Å². The standard InChI is InChI=1S/C25H25ClF2N6O4.CH2O2/c1-32-18(16-5-6-19(38-2)22(28)21(16)27)13-30-23(32)24(36)31-14-3-4-15(17(26)11-14)25(37)34-9-7-33(8-10-34)20(35)12-29;2-1-3/h3-6,11,13H,7-10,12,29H2,1-2H3,(H,31,36);1H,(H,2,3). The quantitative estimate of drug-likeness (QED) is 0.367. The zero-order chi connectivity index (χ0) is 30.3. The van der Waals surface area contributed by atoms with E-state index in [1.54, 1.807) is 9.80 Å². The van der Waals surface area contributed by atoms with Crippen LogP contribution < -0.4 is 15.8 Å². The van der Waals surface area contributed by atoms with Gasteiger partial charge in [-0.3, -0.25) is 19.2 Å². The number of hydrogen-bond acceptors (Lipinski definition) is 7. The number of carbonyl (C=O) groups is 4. The molecule has 0 bridgehead atoms. The number of carbonyl (C=O) groups excluding carboxylic acids is 3. The van der Waals surface area contributed by atoms with Crippen molar-refractivity contribution in [1.29, 1.82) is 0 Å². The number of amides is 3. The fraction of sp³-hybridized carbons (Fsp3) is 0.269. The number of halogens is 3. The van der Waals surface area contributed by atoms with Crippen molar-refractivity contribution < 1.29 is 37.8 Å². The van der Waals surface area contributed by atoms with E-state index < -0.39 is 17.5 Å². The van der Waals surface area contributed by atoms with Gasteiger partial charge in [0.1, 0.15) is 0 Å². The zero-order valence-electron chi connectivity index (χ0n) is 22.1. The lowest BCUT2D eigenvalue weighted by Gasteiger charge is -2.34. The van der Waals surface area contributed by atoms with Crippen LogP contribution in [0.5, 0.6) is 5.75 Å². The van der Waals surface area contributed by atoms with Crippen LogP contribution in [0.4, 0.5) is 14.5 Å². The van der Waals surface area contributed by atoms with Crippen molar-refractivity contribution in [3.05, 3.63) is 64.6 Å². The van der Waals surface area contributed by atoms with Crippen molar-refractivity contribution in [1.82, 2.24) is 19.4 Å². The van der Waals surface area contributed by atoms with Crippen LogP contribution in [-0.4, -0.2) is 88.5 Å². The Labute approximate surface area is 238 Å². The molecule has 3 amide bonds. The molecule has 2 aromatic carbocycles. The summed E-state index contributed by atoms with van der Waals surface area (Å²) in [5, 5.41) is 9.66. The van der Waals surface area contributed by atoms with Gasteiger partial charge in [-0.05, 0) is 30.3 Å². The largest absolute Gasteiger partial charge is 0.494 e. The van der Waals surface area contributed by atoms with Gasteiger partial charge in [0.25, 0.3) is 18.3 Å². The number of nitrogens with two attached hydrogens (primary N) is 1. The fourth-order valence-electron chi connectivity index (χ4n) is 4.17. The number of nitrogens with zero attached hydrogens (tertiary/aromatic N) is 4. The summed E-state index contributed by atoms with van der Waals surface area (Å²) in [6.45, 7) is 1.13. The highest BCUT2D eigenvalue weighted by molar-refractivity contribution is 6.34. The highest BCUT2D eigenvalue weighted by Gasteiger charge is 2.26. The molecule has 41 heavy (non-hydrogen) atoms. The molecule has 0 spiro atoms. The van der Waals surface area contributed by atoms with E-state index in [1.165, 1.54) is 55.3 Å². The zero-order valence-corrected chi connectivity index (χ0v) is 22.8. The molecule has 218 valence electrons. The first-order valence-electron chi connectivity index (χ1n) is 12.1. The molecular weight excluding hydrogens is 566 g/mol. The topological polar surface area (TPSA) is 160 Å². The van der Waals surface area contributed by atoms with E-state index in [2.05, 4.69) is 10.3 Å². The lowest BCUT2D eigenvalue weighted by molar-refractivity contribution is -0.131. The molecule has 0 atom stereocenters. The normalized spacial score (nSPS) is 12.7. The van der Waals surface area contributed by atoms with Gasteiger partial charge in [0.05, 0.1) is 36.1 Å². The molecule has 0 aliphatic carbocycles. The number of aromatic nitrogens is 2. The van der Waals surface area contributed by atoms with Gasteiger partial charge in [0.2, 0.25) is 11.7 Å². The van der Waals surface area contributed by atoms with Gasteiger partial charge < -0.3 is 35.3 Å². The lowest BCUT2D eigenvalue weighted by atomic mass is 10.1. The number of hydrogen-bond donors (Lipinski definition) is 3. The van der Waals surface area contributed by atoms with E-state index in [4.69, 9.17) is 32.0 Å². The molecule has 1 aromatic heterocycles. The fourth-order valence-corrected chi connectivity index (χ4v) is 4.43. The molecule has 1 saturated heterocycles. The highest BCUT2D eigenvalue weighted by atomic mass is 35.5. The molecule has 0 radical (unpaired) electrons. The van der Waals surface area contributed by atoms with Crippen molar-refractivity contribution >= 4 is 41.5 Å².